The first-order valence-corrected chi connectivity index (χ1v) is 5.04. The van der Waals surface area contributed by atoms with E-state index in [-0.39, 0.29) is 6.42 Å². The summed E-state index contributed by atoms with van der Waals surface area (Å²) in [7, 11) is 0. The van der Waals surface area contributed by atoms with Crippen LogP contribution in [0, 0.1) is 5.92 Å². The lowest BCUT2D eigenvalue weighted by Gasteiger charge is -2.13. The maximum absolute atomic E-state index is 10.9. The summed E-state index contributed by atoms with van der Waals surface area (Å²) < 4.78 is 4.69. The molecule has 92 valence electrons. The second kappa shape index (κ2) is 6.81. The van der Waals surface area contributed by atoms with Crippen molar-refractivity contribution in [3.8, 4) is 0 Å². The SMILES string of the molecule is CC(=O)OC(CCC[C@H](C)C(=O)O)C(N)=O. The van der Waals surface area contributed by atoms with E-state index in [0.29, 0.717) is 12.8 Å². The van der Waals surface area contributed by atoms with E-state index in [9.17, 15) is 14.4 Å². The predicted octanol–water partition coefficient (Wildman–Crippen LogP) is 0.294. The minimum atomic E-state index is -0.960. The van der Waals surface area contributed by atoms with Crippen LogP contribution < -0.4 is 5.73 Å². The summed E-state index contributed by atoms with van der Waals surface area (Å²) in [6.07, 6.45) is 0.180. The molecule has 6 nitrogen and oxygen atoms in total. The van der Waals surface area contributed by atoms with Gasteiger partial charge in [0.1, 0.15) is 0 Å². The van der Waals surface area contributed by atoms with Gasteiger partial charge in [-0.3, -0.25) is 14.4 Å². The van der Waals surface area contributed by atoms with Crippen molar-refractivity contribution in [2.45, 2.75) is 39.2 Å². The third-order valence-electron chi connectivity index (χ3n) is 2.15. The van der Waals surface area contributed by atoms with Crippen molar-refractivity contribution in [3.05, 3.63) is 0 Å². The molecule has 0 aromatic carbocycles. The van der Waals surface area contributed by atoms with Crippen molar-refractivity contribution < 1.29 is 24.2 Å². The maximum atomic E-state index is 10.9. The Labute approximate surface area is 93.8 Å². The smallest absolute Gasteiger partial charge is 0.306 e. The zero-order valence-electron chi connectivity index (χ0n) is 9.43. The number of nitrogens with two attached hydrogens (primary N) is 1. The topological polar surface area (TPSA) is 107 Å². The molecule has 0 aromatic heterocycles. The molecule has 0 heterocycles. The number of carbonyl (C=O) groups excluding carboxylic acids is 2. The van der Waals surface area contributed by atoms with E-state index in [0.717, 1.165) is 0 Å². The number of amides is 1. The highest BCUT2D eigenvalue weighted by Gasteiger charge is 2.19. The number of carboxylic acid groups (broad SMARTS) is 1. The van der Waals surface area contributed by atoms with Gasteiger partial charge in [-0.25, -0.2) is 0 Å². The van der Waals surface area contributed by atoms with E-state index in [1.165, 1.54) is 6.92 Å². The van der Waals surface area contributed by atoms with Crippen LogP contribution in [0.15, 0.2) is 0 Å². The normalized spacial score (nSPS) is 13.9. The van der Waals surface area contributed by atoms with E-state index in [1.54, 1.807) is 6.92 Å². The Kier molecular flexibility index (Phi) is 6.14. The monoisotopic (exact) mass is 231 g/mol. The van der Waals surface area contributed by atoms with Gasteiger partial charge in [0.15, 0.2) is 6.10 Å². The minimum absolute atomic E-state index is 0.256. The van der Waals surface area contributed by atoms with Crippen LogP contribution in [-0.2, 0) is 19.1 Å². The van der Waals surface area contributed by atoms with Gasteiger partial charge >= 0.3 is 11.9 Å². The number of ether oxygens (including phenoxy) is 1. The molecule has 1 unspecified atom stereocenters. The van der Waals surface area contributed by atoms with Gasteiger partial charge in [-0.2, -0.15) is 0 Å². The number of esters is 1. The van der Waals surface area contributed by atoms with Gasteiger partial charge in [0, 0.05) is 6.92 Å². The Balaban J connectivity index is 3.99. The molecule has 0 saturated heterocycles. The molecule has 0 aliphatic heterocycles. The molecule has 3 N–H and O–H groups in total. The second-order valence-electron chi connectivity index (χ2n) is 3.67. The highest BCUT2D eigenvalue weighted by Crippen LogP contribution is 2.11. The van der Waals surface area contributed by atoms with Gasteiger partial charge < -0.3 is 15.6 Å². The molecule has 16 heavy (non-hydrogen) atoms. The zero-order valence-corrected chi connectivity index (χ0v) is 9.43. The van der Waals surface area contributed by atoms with E-state index in [4.69, 9.17) is 15.6 Å². The van der Waals surface area contributed by atoms with Gasteiger partial charge in [-0.15, -0.1) is 0 Å². The molecule has 0 spiro atoms. The van der Waals surface area contributed by atoms with Crippen LogP contribution >= 0.6 is 0 Å². The fourth-order valence-corrected chi connectivity index (χ4v) is 1.19. The minimum Gasteiger partial charge on any atom is -0.481 e. The molecular weight excluding hydrogens is 214 g/mol. The summed E-state index contributed by atoms with van der Waals surface area (Å²) in [6, 6.07) is 0. The number of primary amides is 1. The van der Waals surface area contributed by atoms with Crippen LogP contribution in [0.4, 0.5) is 0 Å². The molecule has 2 atom stereocenters. The highest BCUT2D eigenvalue weighted by atomic mass is 16.5. The first-order chi connectivity index (χ1) is 7.34. The largest absolute Gasteiger partial charge is 0.481 e. The summed E-state index contributed by atoms with van der Waals surface area (Å²) >= 11 is 0. The first-order valence-electron chi connectivity index (χ1n) is 5.04. The second-order valence-corrected chi connectivity index (χ2v) is 3.67. The van der Waals surface area contributed by atoms with Gasteiger partial charge in [-0.05, 0) is 19.3 Å². The van der Waals surface area contributed by atoms with Crippen LogP contribution in [0.2, 0.25) is 0 Å². The molecule has 0 radical (unpaired) electrons. The summed E-state index contributed by atoms with van der Waals surface area (Å²) in [5.74, 6) is -2.65. The first kappa shape index (κ1) is 14.4. The number of hydrogen-bond acceptors (Lipinski definition) is 4. The molecule has 0 aliphatic carbocycles. The van der Waals surface area contributed by atoms with Gasteiger partial charge in [0.25, 0.3) is 5.91 Å². The quantitative estimate of drug-likeness (QED) is 0.612. The number of hydrogen-bond donors (Lipinski definition) is 2. The highest BCUT2D eigenvalue weighted by molar-refractivity contribution is 5.81. The summed E-state index contributed by atoms with van der Waals surface area (Å²) in [5, 5.41) is 8.62. The Bertz CT molecular complexity index is 276. The Hall–Kier alpha value is -1.59. The molecule has 0 bridgehead atoms. The summed E-state index contributed by atoms with van der Waals surface area (Å²) in [5.41, 5.74) is 5.03. The molecule has 0 saturated carbocycles. The van der Waals surface area contributed by atoms with E-state index in [2.05, 4.69) is 0 Å². The molecule has 0 aliphatic rings. The van der Waals surface area contributed by atoms with Crippen LogP contribution in [0.5, 0.6) is 0 Å². The van der Waals surface area contributed by atoms with Crippen LogP contribution in [0.1, 0.15) is 33.1 Å². The number of rotatable bonds is 7. The van der Waals surface area contributed by atoms with E-state index in [1.807, 2.05) is 0 Å². The predicted molar refractivity (Wildman–Crippen MR) is 55.4 cm³/mol. The van der Waals surface area contributed by atoms with Gasteiger partial charge in [0.05, 0.1) is 5.92 Å². The number of carbonyl (C=O) groups is 3. The fraction of sp³-hybridized carbons (Fsp3) is 0.700. The van der Waals surface area contributed by atoms with Crippen molar-refractivity contribution in [1.82, 2.24) is 0 Å². The van der Waals surface area contributed by atoms with E-state index >= 15 is 0 Å². The molecule has 6 heteroatoms. The van der Waals surface area contributed by atoms with Crippen molar-refractivity contribution in [2.24, 2.45) is 11.7 Å². The average Bonchev–Trinajstić information content (AvgIpc) is 2.14. The molecule has 1 amide bonds. The maximum Gasteiger partial charge on any atom is 0.306 e. The number of carboxylic acids is 1. The van der Waals surface area contributed by atoms with Crippen LogP contribution in [-0.4, -0.2) is 29.1 Å². The lowest BCUT2D eigenvalue weighted by Crippen LogP contribution is -2.32. The van der Waals surface area contributed by atoms with Gasteiger partial charge in [0.2, 0.25) is 0 Å². The van der Waals surface area contributed by atoms with Crippen molar-refractivity contribution in [1.29, 1.82) is 0 Å². The van der Waals surface area contributed by atoms with Crippen LogP contribution in [0.25, 0.3) is 0 Å². The van der Waals surface area contributed by atoms with Crippen molar-refractivity contribution in [2.75, 3.05) is 0 Å². The third-order valence-corrected chi connectivity index (χ3v) is 2.15. The molecular formula is C10H17NO5. The third kappa shape index (κ3) is 6.00. The molecule has 0 aromatic rings. The Morgan fingerprint density at radius 2 is 1.88 bits per heavy atom. The average molecular weight is 231 g/mol. The lowest BCUT2D eigenvalue weighted by molar-refractivity contribution is -0.153. The standard InChI is InChI=1S/C10H17NO5/c1-6(10(14)15)4-3-5-8(9(11)13)16-7(2)12/h6,8H,3-5H2,1-2H3,(H2,11,13)(H,14,15)/t6-,8?/m0/s1. The Morgan fingerprint density at radius 1 is 1.31 bits per heavy atom. The number of aliphatic carboxylic acids is 1. The summed E-state index contributed by atoms with van der Waals surface area (Å²) in [6.45, 7) is 2.77. The molecule has 0 fully saturated rings. The Morgan fingerprint density at radius 3 is 2.25 bits per heavy atom. The molecule has 0 rings (SSSR count). The van der Waals surface area contributed by atoms with Gasteiger partial charge in [-0.1, -0.05) is 6.92 Å². The van der Waals surface area contributed by atoms with Crippen molar-refractivity contribution >= 4 is 17.8 Å². The fourth-order valence-electron chi connectivity index (χ4n) is 1.19. The summed E-state index contributed by atoms with van der Waals surface area (Å²) in [4.78, 5) is 32.0. The van der Waals surface area contributed by atoms with Crippen LogP contribution in [0.3, 0.4) is 0 Å². The van der Waals surface area contributed by atoms with E-state index < -0.39 is 29.9 Å². The van der Waals surface area contributed by atoms with Crippen molar-refractivity contribution in [3.63, 3.8) is 0 Å². The zero-order chi connectivity index (χ0) is 12.7. The lowest BCUT2D eigenvalue weighted by atomic mass is 10.0.